The Hall–Kier alpha value is -2.81. The Morgan fingerprint density at radius 2 is 1.86 bits per heavy atom. The summed E-state index contributed by atoms with van der Waals surface area (Å²) < 4.78 is 0.961. The van der Waals surface area contributed by atoms with Crippen LogP contribution in [0.25, 0.3) is 0 Å². The van der Waals surface area contributed by atoms with E-state index in [2.05, 4.69) is 4.98 Å². The predicted molar refractivity (Wildman–Crippen MR) is 72.4 cm³/mol. The largest absolute Gasteiger partial charge is 0.348 e. The van der Waals surface area contributed by atoms with Crippen molar-refractivity contribution in [2.24, 2.45) is 0 Å². The third kappa shape index (κ3) is 3.20. The van der Waals surface area contributed by atoms with Gasteiger partial charge in [0.15, 0.2) is 0 Å². The van der Waals surface area contributed by atoms with Gasteiger partial charge in [-0.1, -0.05) is 11.6 Å². The lowest BCUT2D eigenvalue weighted by Gasteiger charge is -2.06. The van der Waals surface area contributed by atoms with E-state index < -0.39 is 15.5 Å². The second-order valence-corrected chi connectivity index (χ2v) is 4.42. The van der Waals surface area contributed by atoms with Crippen molar-refractivity contribution in [3.05, 3.63) is 71.9 Å². The Kier molecular flexibility index (Phi) is 3.94. The topological polar surface area (TPSA) is 121 Å². The van der Waals surface area contributed by atoms with E-state index in [-0.39, 0.29) is 28.5 Å². The first-order chi connectivity index (χ1) is 9.88. The Balaban J connectivity index is 2.44. The first-order valence-electron chi connectivity index (χ1n) is 5.52. The van der Waals surface area contributed by atoms with Gasteiger partial charge in [0.1, 0.15) is 6.20 Å². The zero-order valence-electron chi connectivity index (χ0n) is 10.3. The predicted octanol–water partition coefficient (Wildman–Crippen LogP) is 1.76. The van der Waals surface area contributed by atoms with Crippen molar-refractivity contribution < 1.29 is 9.85 Å². The van der Waals surface area contributed by atoms with E-state index >= 15 is 0 Å². The number of non-ortho nitro benzene ring substituents is 1. The molecule has 1 aromatic carbocycles. The molecule has 0 bridgehead atoms. The molecule has 108 valence electrons. The van der Waals surface area contributed by atoms with Crippen LogP contribution in [0.1, 0.15) is 5.56 Å². The number of halogens is 1. The molecule has 2 aromatic rings. The zero-order chi connectivity index (χ0) is 15.6. The summed E-state index contributed by atoms with van der Waals surface area (Å²) in [6.07, 6.45) is 1.85. The molecule has 0 saturated carbocycles. The van der Waals surface area contributed by atoms with Crippen molar-refractivity contribution in [2.45, 2.75) is 6.54 Å². The average molecular weight is 311 g/mol. The number of hydrogen-bond donors (Lipinski definition) is 0. The molecule has 1 heterocycles. The SMILES string of the molecule is O=c1ncc([N+](=O)[O-])cn1Cc1cc([N+](=O)[O-])ccc1Cl. The second kappa shape index (κ2) is 5.67. The maximum absolute atomic E-state index is 11.6. The Morgan fingerprint density at radius 1 is 1.19 bits per heavy atom. The normalized spacial score (nSPS) is 10.3. The maximum Gasteiger partial charge on any atom is 0.348 e. The van der Waals surface area contributed by atoms with Crippen molar-refractivity contribution in [1.82, 2.24) is 9.55 Å². The van der Waals surface area contributed by atoms with E-state index in [1.54, 1.807) is 0 Å². The van der Waals surface area contributed by atoms with Crippen LogP contribution in [-0.2, 0) is 6.54 Å². The van der Waals surface area contributed by atoms with Gasteiger partial charge in [-0.15, -0.1) is 0 Å². The summed E-state index contributed by atoms with van der Waals surface area (Å²) in [4.78, 5) is 35.0. The van der Waals surface area contributed by atoms with E-state index in [1.165, 1.54) is 18.2 Å². The van der Waals surface area contributed by atoms with E-state index in [4.69, 9.17) is 11.6 Å². The molecule has 0 aliphatic carbocycles. The monoisotopic (exact) mass is 310 g/mol. The van der Waals surface area contributed by atoms with Crippen LogP contribution in [0.2, 0.25) is 5.02 Å². The lowest BCUT2D eigenvalue weighted by atomic mass is 10.2. The first kappa shape index (κ1) is 14.6. The third-order valence-electron chi connectivity index (χ3n) is 2.63. The van der Waals surface area contributed by atoms with Crippen LogP contribution in [0.3, 0.4) is 0 Å². The van der Waals surface area contributed by atoms with Gasteiger partial charge in [0.05, 0.1) is 22.6 Å². The minimum Gasteiger partial charge on any atom is -0.288 e. The molecular formula is C11H7ClN4O5. The summed E-state index contributed by atoms with van der Waals surface area (Å²) in [5.41, 5.74) is -0.990. The number of aromatic nitrogens is 2. The first-order valence-corrected chi connectivity index (χ1v) is 5.90. The summed E-state index contributed by atoms with van der Waals surface area (Å²) in [5.74, 6) is 0. The molecule has 1 aromatic heterocycles. The van der Waals surface area contributed by atoms with Gasteiger partial charge in [0, 0.05) is 17.2 Å². The molecule has 0 fully saturated rings. The van der Waals surface area contributed by atoms with Crippen molar-refractivity contribution in [3.63, 3.8) is 0 Å². The minimum absolute atomic E-state index is 0.159. The van der Waals surface area contributed by atoms with Gasteiger partial charge in [-0.3, -0.25) is 24.8 Å². The van der Waals surface area contributed by atoms with Gasteiger partial charge in [0.25, 0.3) is 5.69 Å². The zero-order valence-corrected chi connectivity index (χ0v) is 11.1. The van der Waals surface area contributed by atoms with Crippen LogP contribution in [0.4, 0.5) is 11.4 Å². The van der Waals surface area contributed by atoms with Crippen LogP contribution in [0, 0.1) is 20.2 Å². The third-order valence-corrected chi connectivity index (χ3v) is 3.00. The van der Waals surface area contributed by atoms with Crippen LogP contribution in [0.5, 0.6) is 0 Å². The molecule has 21 heavy (non-hydrogen) atoms. The fourth-order valence-electron chi connectivity index (χ4n) is 1.63. The molecular weight excluding hydrogens is 304 g/mol. The van der Waals surface area contributed by atoms with Crippen molar-refractivity contribution in [2.75, 3.05) is 0 Å². The number of hydrogen-bond acceptors (Lipinski definition) is 6. The van der Waals surface area contributed by atoms with Gasteiger partial charge < -0.3 is 0 Å². The number of nitro benzene ring substituents is 1. The summed E-state index contributed by atoms with van der Waals surface area (Å²) in [5, 5.41) is 21.6. The molecule has 9 nitrogen and oxygen atoms in total. The second-order valence-electron chi connectivity index (χ2n) is 4.01. The molecule has 2 rings (SSSR count). The number of nitrogens with zero attached hydrogens (tertiary/aromatic N) is 4. The summed E-state index contributed by atoms with van der Waals surface area (Å²) >= 11 is 5.91. The highest BCUT2D eigenvalue weighted by Crippen LogP contribution is 2.22. The standard InChI is InChI=1S/C11H7ClN4O5/c12-10-2-1-8(15(18)19)3-7(10)5-14-6-9(16(20)21)4-13-11(14)17/h1-4,6H,5H2. The number of nitro groups is 2. The quantitative estimate of drug-likeness (QED) is 0.626. The molecule has 0 N–H and O–H groups in total. The molecule has 0 aliphatic heterocycles. The van der Waals surface area contributed by atoms with Crippen LogP contribution >= 0.6 is 11.6 Å². The number of rotatable bonds is 4. The highest BCUT2D eigenvalue weighted by atomic mass is 35.5. The molecule has 0 unspecified atom stereocenters. The molecule has 0 amide bonds. The summed E-state index contributed by atoms with van der Waals surface area (Å²) in [7, 11) is 0. The Morgan fingerprint density at radius 3 is 2.48 bits per heavy atom. The Bertz CT molecular complexity index is 788. The molecule has 0 atom stereocenters. The fourth-order valence-corrected chi connectivity index (χ4v) is 1.81. The van der Waals surface area contributed by atoms with Gasteiger partial charge >= 0.3 is 11.4 Å². The molecule has 10 heteroatoms. The van der Waals surface area contributed by atoms with E-state index in [0.29, 0.717) is 0 Å². The van der Waals surface area contributed by atoms with E-state index in [9.17, 15) is 25.0 Å². The minimum atomic E-state index is -0.719. The lowest BCUT2D eigenvalue weighted by Crippen LogP contribution is -2.23. The molecule has 0 aliphatic rings. The smallest absolute Gasteiger partial charge is 0.288 e. The highest BCUT2D eigenvalue weighted by Gasteiger charge is 2.13. The summed E-state index contributed by atoms with van der Waals surface area (Å²) in [6.45, 7) is -0.159. The fraction of sp³-hybridized carbons (Fsp3) is 0.0909. The lowest BCUT2D eigenvalue weighted by molar-refractivity contribution is -0.385. The number of benzene rings is 1. The van der Waals surface area contributed by atoms with Crippen LogP contribution < -0.4 is 5.69 Å². The van der Waals surface area contributed by atoms with Gasteiger partial charge in [-0.05, 0) is 11.6 Å². The van der Waals surface area contributed by atoms with Crippen molar-refractivity contribution >= 4 is 23.0 Å². The van der Waals surface area contributed by atoms with Gasteiger partial charge in [-0.25, -0.2) is 4.79 Å². The van der Waals surface area contributed by atoms with Crippen molar-refractivity contribution in [3.8, 4) is 0 Å². The van der Waals surface area contributed by atoms with Gasteiger partial charge in [-0.2, -0.15) is 4.98 Å². The highest BCUT2D eigenvalue weighted by molar-refractivity contribution is 6.31. The van der Waals surface area contributed by atoms with Gasteiger partial charge in [0.2, 0.25) is 0 Å². The molecule has 0 saturated heterocycles. The van der Waals surface area contributed by atoms with Crippen molar-refractivity contribution in [1.29, 1.82) is 0 Å². The molecule has 0 spiro atoms. The average Bonchev–Trinajstić information content (AvgIpc) is 2.43. The van der Waals surface area contributed by atoms with Crippen LogP contribution in [0.15, 0.2) is 35.4 Å². The van der Waals surface area contributed by atoms with E-state index in [1.807, 2.05) is 0 Å². The Labute approximate surface area is 121 Å². The molecule has 0 radical (unpaired) electrons. The summed E-state index contributed by atoms with van der Waals surface area (Å²) in [6, 6.07) is 3.75. The maximum atomic E-state index is 11.6. The van der Waals surface area contributed by atoms with E-state index in [0.717, 1.165) is 17.0 Å². The van der Waals surface area contributed by atoms with Crippen LogP contribution in [-0.4, -0.2) is 19.4 Å².